The fourth-order valence-electron chi connectivity index (χ4n) is 3.33. The van der Waals surface area contributed by atoms with E-state index in [1.54, 1.807) is 0 Å². The number of hydrogen-bond donors (Lipinski definition) is 6. The number of carbonyl (C=O) groups is 4. The molecule has 0 saturated heterocycles. The Bertz CT molecular complexity index is 821. The number of carboxylic acid groups (broad SMARTS) is 1. The fraction of sp³-hybridized carbons (Fsp3) is 0.583. The van der Waals surface area contributed by atoms with Crippen molar-refractivity contribution in [3.05, 3.63) is 35.9 Å². The van der Waals surface area contributed by atoms with Crippen molar-refractivity contribution in [2.45, 2.75) is 71.1 Å². The maximum absolute atomic E-state index is 13.2. The summed E-state index contributed by atoms with van der Waals surface area (Å²) < 4.78 is 0. The van der Waals surface area contributed by atoms with Gasteiger partial charge in [-0.25, -0.2) is 4.79 Å². The molecule has 0 spiro atoms. The normalized spacial score (nSPS) is 15.5. The maximum Gasteiger partial charge on any atom is 0.326 e. The van der Waals surface area contributed by atoms with Gasteiger partial charge in [0.15, 0.2) is 0 Å². The number of aliphatic carboxylic acids is 1. The van der Waals surface area contributed by atoms with Crippen molar-refractivity contribution in [3.63, 3.8) is 0 Å². The Kier molecular flexibility index (Phi) is 12.7. The fourth-order valence-corrected chi connectivity index (χ4v) is 3.50. The van der Waals surface area contributed by atoms with E-state index in [1.165, 1.54) is 0 Å². The van der Waals surface area contributed by atoms with Gasteiger partial charge in [-0.2, -0.15) is 12.6 Å². The molecule has 3 amide bonds. The number of nitrogens with two attached hydrogens (primary N) is 1. The molecule has 0 radical (unpaired) electrons. The molecule has 9 nitrogen and oxygen atoms in total. The highest BCUT2D eigenvalue weighted by atomic mass is 32.1. The molecule has 0 fully saturated rings. The second kappa shape index (κ2) is 14.6. The Hall–Kier alpha value is -2.59. The molecule has 5 atom stereocenters. The summed E-state index contributed by atoms with van der Waals surface area (Å²) in [5.74, 6) is -2.87. The molecule has 0 aliphatic rings. The van der Waals surface area contributed by atoms with Crippen LogP contribution in [0.5, 0.6) is 0 Å². The minimum atomic E-state index is -1.14. The second-order valence-electron chi connectivity index (χ2n) is 8.94. The minimum Gasteiger partial charge on any atom is -0.480 e. The summed E-state index contributed by atoms with van der Waals surface area (Å²) in [4.78, 5) is 50.3. The molecule has 190 valence electrons. The molecule has 1 rings (SSSR count). The van der Waals surface area contributed by atoms with Crippen molar-refractivity contribution in [1.29, 1.82) is 0 Å². The summed E-state index contributed by atoms with van der Waals surface area (Å²) in [7, 11) is 0. The van der Waals surface area contributed by atoms with E-state index in [1.807, 2.05) is 58.0 Å². The van der Waals surface area contributed by atoms with Crippen LogP contribution in [0.2, 0.25) is 0 Å². The molecular formula is C24H38N4O5S. The van der Waals surface area contributed by atoms with Gasteiger partial charge >= 0.3 is 5.97 Å². The van der Waals surface area contributed by atoms with Crippen LogP contribution in [0.1, 0.15) is 46.1 Å². The first-order chi connectivity index (χ1) is 16.0. The van der Waals surface area contributed by atoms with E-state index < -0.39 is 47.9 Å². The number of amides is 3. The Morgan fingerprint density at radius 2 is 1.53 bits per heavy atom. The van der Waals surface area contributed by atoms with Gasteiger partial charge in [-0.05, 0) is 23.8 Å². The Balaban J connectivity index is 3.14. The standard InChI is InChI=1S/C24H38N4O5S/c1-5-15(4)20(28-21(29)17(25)13-34)23(31)26-18(12-16-9-7-6-8-10-16)22(30)27-19(24(32)33)11-14(2)3/h6-10,14-15,17-20,34H,5,11-13,25H2,1-4H3,(H,26,31)(H,27,30)(H,28,29)(H,32,33). The van der Waals surface area contributed by atoms with Gasteiger partial charge < -0.3 is 26.8 Å². The summed E-state index contributed by atoms with van der Waals surface area (Å²) in [5, 5.41) is 17.5. The van der Waals surface area contributed by atoms with Crippen LogP contribution in [-0.4, -0.2) is 58.7 Å². The second-order valence-corrected chi connectivity index (χ2v) is 9.31. The van der Waals surface area contributed by atoms with Crippen molar-refractivity contribution in [3.8, 4) is 0 Å². The molecule has 0 aliphatic carbocycles. The van der Waals surface area contributed by atoms with Crippen molar-refractivity contribution in [1.82, 2.24) is 16.0 Å². The highest BCUT2D eigenvalue weighted by molar-refractivity contribution is 7.80. The molecule has 0 aromatic heterocycles. The van der Waals surface area contributed by atoms with Crippen molar-refractivity contribution >= 4 is 36.3 Å². The lowest BCUT2D eigenvalue weighted by molar-refractivity contribution is -0.142. The monoisotopic (exact) mass is 494 g/mol. The SMILES string of the molecule is CCC(C)C(NC(=O)C(N)CS)C(=O)NC(Cc1ccccc1)C(=O)NC(CC(C)C)C(=O)O. The number of benzene rings is 1. The molecule has 0 bridgehead atoms. The van der Waals surface area contributed by atoms with Crippen molar-refractivity contribution in [2.75, 3.05) is 5.75 Å². The van der Waals surface area contributed by atoms with Gasteiger partial charge in [-0.3, -0.25) is 14.4 Å². The number of carboxylic acids is 1. The van der Waals surface area contributed by atoms with Gasteiger partial charge in [-0.1, -0.05) is 64.4 Å². The largest absolute Gasteiger partial charge is 0.480 e. The van der Waals surface area contributed by atoms with Crippen LogP contribution in [0.15, 0.2) is 30.3 Å². The van der Waals surface area contributed by atoms with Crippen LogP contribution in [0, 0.1) is 11.8 Å². The quantitative estimate of drug-likeness (QED) is 0.213. The molecule has 0 aliphatic heterocycles. The predicted molar refractivity (Wildman–Crippen MR) is 134 cm³/mol. The average molecular weight is 495 g/mol. The topological polar surface area (TPSA) is 151 Å². The number of hydrogen-bond acceptors (Lipinski definition) is 6. The van der Waals surface area contributed by atoms with Crippen molar-refractivity contribution < 1.29 is 24.3 Å². The van der Waals surface area contributed by atoms with Crippen LogP contribution in [0.25, 0.3) is 0 Å². The van der Waals surface area contributed by atoms with Gasteiger partial charge in [0.05, 0.1) is 6.04 Å². The summed E-state index contributed by atoms with van der Waals surface area (Å²) in [6, 6.07) is 5.17. The average Bonchev–Trinajstić information content (AvgIpc) is 2.80. The molecule has 34 heavy (non-hydrogen) atoms. The number of thiol groups is 1. The third kappa shape index (κ3) is 9.72. The van der Waals surface area contributed by atoms with E-state index in [-0.39, 0.29) is 30.4 Å². The number of nitrogens with one attached hydrogen (secondary N) is 3. The van der Waals surface area contributed by atoms with E-state index in [4.69, 9.17) is 5.73 Å². The number of carbonyl (C=O) groups excluding carboxylic acids is 3. The number of rotatable bonds is 14. The van der Waals surface area contributed by atoms with Gasteiger partial charge in [-0.15, -0.1) is 0 Å². The van der Waals surface area contributed by atoms with E-state index in [9.17, 15) is 24.3 Å². The van der Waals surface area contributed by atoms with Gasteiger partial charge in [0.25, 0.3) is 0 Å². The molecule has 10 heteroatoms. The summed E-state index contributed by atoms with van der Waals surface area (Å²) >= 11 is 4.03. The molecule has 0 saturated carbocycles. The van der Waals surface area contributed by atoms with Crippen molar-refractivity contribution in [2.24, 2.45) is 17.6 Å². The lowest BCUT2D eigenvalue weighted by atomic mass is 9.96. The van der Waals surface area contributed by atoms with Gasteiger partial charge in [0.2, 0.25) is 17.7 Å². The van der Waals surface area contributed by atoms with E-state index >= 15 is 0 Å². The lowest BCUT2D eigenvalue weighted by Gasteiger charge is -2.28. The molecule has 1 aromatic carbocycles. The zero-order valence-electron chi connectivity index (χ0n) is 20.3. The minimum absolute atomic E-state index is 0.0459. The third-order valence-electron chi connectivity index (χ3n) is 5.56. The Morgan fingerprint density at radius 3 is 2.03 bits per heavy atom. The Morgan fingerprint density at radius 1 is 0.941 bits per heavy atom. The van der Waals surface area contributed by atoms with Crippen LogP contribution in [0.4, 0.5) is 0 Å². The first kappa shape index (κ1) is 29.4. The van der Waals surface area contributed by atoms with Gasteiger partial charge in [0.1, 0.15) is 18.1 Å². The summed E-state index contributed by atoms with van der Waals surface area (Å²) in [6.45, 7) is 7.42. The van der Waals surface area contributed by atoms with E-state index in [0.29, 0.717) is 6.42 Å². The highest BCUT2D eigenvalue weighted by Crippen LogP contribution is 2.11. The highest BCUT2D eigenvalue weighted by Gasteiger charge is 2.32. The van der Waals surface area contributed by atoms with Crippen LogP contribution in [-0.2, 0) is 25.6 Å². The zero-order chi connectivity index (χ0) is 25.8. The first-order valence-electron chi connectivity index (χ1n) is 11.5. The summed E-state index contributed by atoms with van der Waals surface area (Å²) in [6.07, 6.45) is 1.00. The van der Waals surface area contributed by atoms with Crippen LogP contribution >= 0.6 is 12.6 Å². The molecule has 1 aromatic rings. The third-order valence-corrected chi connectivity index (χ3v) is 5.96. The molecule has 0 heterocycles. The van der Waals surface area contributed by atoms with E-state index in [2.05, 4.69) is 28.6 Å². The van der Waals surface area contributed by atoms with Crippen LogP contribution < -0.4 is 21.7 Å². The summed E-state index contributed by atoms with van der Waals surface area (Å²) in [5.41, 5.74) is 6.53. The smallest absolute Gasteiger partial charge is 0.326 e. The lowest BCUT2D eigenvalue weighted by Crippen LogP contribution is -2.59. The van der Waals surface area contributed by atoms with E-state index in [0.717, 1.165) is 5.56 Å². The van der Waals surface area contributed by atoms with Gasteiger partial charge in [0, 0.05) is 12.2 Å². The van der Waals surface area contributed by atoms with Crippen LogP contribution in [0.3, 0.4) is 0 Å². The first-order valence-corrected chi connectivity index (χ1v) is 12.2. The Labute approximate surface area is 207 Å². The predicted octanol–water partition coefficient (Wildman–Crippen LogP) is 1.12. The molecule has 5 unspecified atom stereocenters. The zero-order valence-corrected chi connectivity index (χ0v) is 21.2. The molecular weight excluding hydrogens is 456 g/mol. The molecule has 6 N–H and O–H groups in total. The maximum atomic E-state index is 13.2.